The van der Waals surface area contributed by atoms with Gasteiger partial charge in [0.25, 0.3) is 0 Å². The van der Waals surface area contributed by atoms with E-state index < -0.39 is 0 Å². The fraction of sp³-hybridized carbons (Fsp3) is 0. The summed E-state index contributed by atoms with van der Waals surface area (Å²) in [6.07, 6.45) is 0. The summed E-state index contributed by atoms with van der Waals surface area (Å²) in [4.78, 5) is 5.02. The standard InChI is InChI=1S/C90H62N2/c1-9-29-63(30-10-1)75-53-49-71(57-83(75)67-37-17-5-18-38-67)91(72-50-54-76(64-31-11-2-12-32-64)84(58-72)68-39-19-6-20-40-68)89-61-87-80-46-26-28-48-82(80)90(62-88(87)79-45-25-27-47-81(79)89)92(73-51-55-77(65-33-13-3-14-34-65)85(59-73)69-41-21-7-22-42-69)74-52-56-78(66-35-15-4-16-36-66)86(60-74)70-43-23-8-24-44-70/h1-62H. The Kier molecular flexibility index (Phi) is 14.7. The SMILES string of the molecule is c1ccc(-c2ccc(N(c3ccc(-c4ccccc4)c(-c4ccccc4)c3)c3cc4c5ccccc5c(N(c5ccc(-c6ccccc6)c(-c6ccccc6)c5)c5ccc(-c6ccccc6)c(-c6ccccc6)c5)cc4c4ccccc34)cc2-c2ccccc2)cc1. The monoisotopic (exact) mass is 1170 g/mol. The molecule has 2 heteroatoms. The molecule has 0 radical (unpaired) electrons. The molecule has 2 nitrogen and oxygen atoms in total. The van der Waals surface area contributed by atoms with Crippen molar-refractivity contribution in [2.75, 3.05) is 9.80 Å². The largest absolute Gasteiger partial charge is 0.310 e. The van der Waals surface area contributed by atoms with Crippen LogP contribution in [0.5, 0.6) is 0 Å². The van der Waals surface area contributed by atoms with Crippen LogP contribution in [0.1, 0.15) is 0 Å². The fourth-order valence-corrected chi connectivity index (χ4v) is 13.7. The highest BCUT2D eigenvalue weighted by molar-refractivity contribution is 6.25. The van der Waals surface area contributed by atoms with E-state index in [4.69, 9.17) is 0 Å². The zero-order chi connectivity index (χ0) is 61.2. The molecule has 0 aromatic heterocycles. The Morgan fingerprint density at radius 2 is 0.315 bits per heavy atom. The predicted octanol–water partition coefficient (Wildman–Crippen LogP) is 25.4. The summed E-state index contributed by atoms with van der Waals surface area (Å²) in [6.45, 7) is 0. The molecule has 0 saturated heterocycles. The van der Waals surface area contributed by atoms with E-state index in [2.05, 4.69) is 386 Å². The lowest BCUT2D eigenvalue weighted by Gasteiger charge is -2.31. The van der Waals surface area contributed by atoms with E-state index in [1.54, 1.807) is 0 Å². The van der Waals surface area contributed by atoms with Crippen LogP contribution in [0.2, 0.25) is 0 Å². The summed E-state index contributed by atoms with van der Waals surface area (Å²) < 4.78 is 0. The van der Waals surface area contributed by atoms with E-state index >= 15 is 0 Å². The number of fused-ring (bicyclic) bond motifs is 5. The van der Waals surface area contributed by atoms with Crippen LogP contribution in [0.15, 0.2) is 376 Å². The minimum atomic E-state index is 1.05. The van der Waals surface area contributed by atoms with Crippen LogP contribution in [-0.4, -0.2) is 0 Å². The third kappa shape index (κ3) is 10.5. The van der Waals surface area contributed by atoms with Crippen molar-refractivity contribution in [2.24, 2.45) is 0 Å². The van der Waals surface area contributed by atoms with Gasteiger partial charge in [-0.2, -0.15) is 0 Å². The molecule has 432 valence electrons. The molecule has 92 heavy (non-hydrogen) atoms. The number of benzene rings is 16. The van der Waals surface area contributed by atoms with Crippen molar-refractivity contribution in [1.29, 1.82) is 0 Å². The quantitative estimate of drug-likeness (QED) is 0.100. The highest BCUT2D eigenvalue weighted by Gasteiger charge is 2.26. The first-order valence-electron chi connectivity index (χ1n) is 31.6. The molecule has 0 saturated carbocycles. The van der Waals surface area contributed by atoms with Gasteiger partial charge in [-0.3, -0.25) is 0 Å². The average molecular weight is 1170 g/mol. The van der Waals surface area contributed by atoms with Crippen LogP contribution in [0.4, 0.5) is 34.1 Å². The molecule has 16 rings (SSSR count). The Morgan fingerprint density at radius 1 is 0.130 bits per heavy atom. The highest BCUT2D eigenvalue weighted by atomic mass is 15.2. The second kappa shape index (κ2) is 24.5. The Labute approximate surface area is 538 Å². The minimum Gasteiger partial charge on any atom is -0.310 e. The summed E-state index contributed by atoms with van der Waals surface area (Å²) in [5.41, 5.74) is 25.0. The zero-order valence-corrected chi connectivity index (χ0v) is 50.7. The maximum atomic E-state index is 2.51. The Morgan fingerprint density at radius 3 is 0.533 bits per heavy atom. The van der Waals surface area contributed by atoms with Crippen molar-refractivity contribution in [1.82, 2.24) is 0 Å². The molecular formula is C90H62N2. The normalized spacial score (nSPS) is 11.3. The Hall–Kier alpha value is -12.1. The fourth-order valence-electron chi connectivity index (χ4n) is 13.7. The Bertz CT molecular complexity index is 4700. The van der Waals surface area contributed by atoms with E-state index in [0.29, 0.717) is 0 Å². The van der Waals surface area contributed by atoms with Gasteiger partial charge in [-0.25, -0.2) is 0 Å². The van der Waals surface area contributed by atoms with Gasteiger partial charge >= 0.3 is 0 Å². The van der Waals surface area contributed by atoms with Gasteiger partial charge in [-0.1, -0.05) is 315 Å². The molecular weight excluding hydrogens is 1110 g/mol. The number of rotatable bonds is 14. The Balaban J connectivity index is 0.976. The van der Waals surface area contributed by atoms with Crippen LogP contribution < -0.4 is 9.80 Å². The van der Waals surface area contributed by atoms with Crippen molar-refractivity contribution in [3.05, 3.63) is 376 Å². The molecule has 0 fully saturated rings. The van der Waals surface area contributed by atoms with Gasteiger partial charge in [-0.15, -0.1) is 0 Å². The highest BCUT2D eigenvalue weighted by Crippen LogP contribution is 2.51. The van der Waals surface area contributed by atoms with Crippen LogP contribution in [-0.2, 0) is 0 Å². The topological polar surface area (TPSA) is 6.48 Å². The summed E-state index contributed by atoms with van der Waals surface area (Å²) in [5.74, 6) is 0. The molecule has 0 atom stereocenters. The number of hydrogen-bond donors (Lipinski definition) is 0. The first-order valence-corrected chi connectivity index (χ1v) is 31.6. The van der Waals surface area contributed by atoms with E-state index in [1.807, 2.05) is 0 Å². The molecule has 16 aromatic carbocycles. The van der Waals surface area contributed by atoms with Crippen molar-refractivity contribution in [2.45, 2.75) is 0 Å². The van der Waals surface area contributed by atoms with Crippen LogP contribution in [0, 0.1) is 0 Å². The van der Waals surface area contributed by atoms with Gasteiger partial charge in [0.05, 0.1) is 11.4 Å². The third-order valence-corrected chi connectivity index (χ3v) is 18.0. The maximum Gasteiger partial charge on any atom is 0.0546 e. The second-order valence-electron chi connectivity index (χ2n) is 23.5. The molecule has 0 amide bonds. The average Bonchev–Trinajstić information content (AvgIpc) is 0.748. The van der Waals surface area contributed by atoms with Crippen molar-refractivity contribution < 1.29 is 0 Å². The number of nitrogens with zero attached hydrogens (tertiary/aromatic N) is 2. The summed E-state index contributed by atoms with van der Waals surface area (Å²) >= 11 is 0. The van der Waals surface area contributed by atoms with Crippen LogP contribution in [0.25, 0.3) is 121 Å². The molecule has 0 N–H and O–H groups in total. The summed E-state index contributed by atoms with van der Waals surface area (Å²) in [5, 5.41) is 6.88. The van der Waals surface area contributed by atoms with Gasteiger partial charge in [0.1, 0.15) is 0 Å². The molecule has 0 spiro atoms. The lowest BCUT2D eigenvalue weighted by molar-refractivity contribution is 1.30. The number of hydrogen-bond acceptors (Lipinski definition) is 2. The first kappa shape index (κ1) is 55.2. The van der Waals surface area contributed by atoms with Crippen LogP contribution in [0.3, 0.4) is 0 Å². The molecule has 0 bridgehead atoms. The number of anilines is 6. The molecule has 0 aliphatic heterocycles. The van der Waals surface area contributed by atoms with E-state index in [0.717, 1.165) is 111 Å². The van der Waals surface area contributed by atoms with Gasteiger partial charge in [-0.05, 0) is 171 Å². The van der Waals surface area contributed by atoms with Gasteiger partial charge in [0, 0.05) is 33.5 Å². The molecule has 0 aliphatic carbocycles. The molecule has 0 aliphatic rings. The molecule has 0 heterocycles. The second-order valence-corrected chi connectivity index (χ2v) is 23.5. The molecule has 16 aromatic rings. The van der Waals surface area contributed by atoms with Gasteiger partial charge in [0.2, 0.25) is 0 Å². The van der Waals surface area contributed by atoms with Crippen molar-refractivity contribution in [3.8, 4) is 89.0 Å². The van der Waals surface area contributed by atoms with Gasteiger partial charge in [0.15, 0.2) is 0 Å². The first-order chi connectivity index (χ1) is 45.7. The van der Waals surface area contributed by atoms with E-state index in [1.165, 1.54) is 44.5 Å². The maximum absolute atomic E-state index is 2.51. The third-order valence-electron chi connectivity index (χ3n) is 18.0. The zero-order valence-electron chi connectivity index (χ0n) is 50.7. The predicted molar refractivity (Wildman–Crippen MR) is 392 cm³/mol. The lowest BCUT2D eigenvalue weighted by Crippen LogP contribution is -2.12. The van der Waals surface area contributed by atoms with E-state index in [-0.39, 0.29) is 0 Å². The van der Waals surface area contributed by atoms with Gasteiger partial charge < -0.3 is 9.80 Å². The van der Waals surface area contributed by atoms with Crippen LogP contribution >= 0.6 is 0 Å². The summed E-state index contributed by atoms with van der Waals surface area (Å²) in [7, 11) is 0. The molecule has 0 unspecified atom stereocenters. The minimum absolute atomic E-state index is 1.05. The van der Waals surface area contributed by atoms with Crippen molar-refractivity contribution >= 4 is 66.4 Å². The van der Waals surface area contributed by atoms with E-state index in [9.17, 15) is 0 Å². The summed E-state index contributed by atoms with van der Waals surface area (Å²) in [6, 6.07) is 138. The van der Waals surface area contributed by atoms with Crippen molar-refractivity contribution in [3.63, 3.8) is 0 Å². The smallest absolute Gasteiger partial charge is 0.0546 e. The lowest BCUT2D eigenvalue weighted by atomic mass is 9.90.